The van der Waals surface area contributed by atoms with E-state index in [0.717, 1.165) is 11.1 Å². The van der Waals surface area contributed by atoms with Crippen molar-refractivity contribution in [3.8, 4) is 11.5 Å². The van der Waals surface area contributed by atoms with Crippen LogP contribution in [0.15, 0.2) is 36.4 Å². The van der Waals surface area contributed by atoms with Gasteiger partial charge >= 0.3 is 5.69 Å². The van der Waals surface area contributed by atoms with E-state index in [1.807, 2.05) is 19.1 Å². The summed E-state index contributed by atoms with van der Waals surface area (Å²) in [6.45, 7) is 4.03. The highest BCUT2D eigenvalue weighted by atomic mass is 16.6. The van der Waals surface area contributed by atoms with Crippen LogP contribution in [0.1, 0.15) is 16.7 Å². The van der Waals surface area contributed by atoms with Gasteiger partial charge in [-0.05, 0) is 37.1 Å². The van der Waals surface area contributed by atoms with Gasteiger partial charge in [-0.25, -0.2) is 0 Å². The number of nitro groups is 1. The molecule has 0 heterocycles. The number of nitrogens with two attached hydrogens (primary N) is 1. The molecule has 0 atom stereocenters. The van der Waals surface area contributed by atoms with Crippen LogP contribution in [-0.4, -0.2) is 4.92 Å². The quantitative estimate of drug-likeness (QED) is 0.682. The predicted molar refractivity (Wildman–Crippen MR) is 77.0 cm³/mol. The summed E-state index contributed by atoms with van der Waals surface area (Å²) in [4.78, 5) is 10.7. The van der Waals surface area contributed by atoms with Crippen molar-refractivity contribution in [2.45, 2.75) is 20.4 Å². The summed E-state index contributed by atoms with van der Waals surface area (Å²) in [5, 5.41) is 11.1. The molecule has 2 aromatic rings. The molecule has 0 aliphatic rings. The number of hydrogen-bond acceptors (Lipinski definition) is 4. The van der Waals surface area contributed by atoms with E-state index in [1.165, 1.54) is 0 Å². The number of rotatable bonds is 4. The Kier molecular flexibility index (Phi) is 4.00. The number of nitrogens with zero attached hydrogens (tertiary/aromatic N) is 1. The van der Waals surface area contributed by atoms with E-state index in [0.29, 0.717) is 17.9 Å². The first-order valence-corrected chi connectivity index (χ1v) is 6.24. The van der Waals surface area contributed by atoms with Gasteiger partial charge in [-0.3, -0.25) is 10.1 Å². The van der Waals surface area contributed by atoms with Crippen molar-refractivity contribution in [2.24, 2.45) is 5.73 Å². The van der Waals surface area contributed by atoms with Crippen LogP contribution in [0.25, 0.3) is 0 Å². The van der Waals surface area contributed by atoms with Gasteiger partial charge in [0.25, 0.3) is 0 Å². The van der Waals surface area contributed by atoms with Gasteiger partial charge < -0.3 is 10.5 Å². The van der Waals surface area contributed by atoms with Crippen molar-refractivity contribution in [2.75, 3.05) is 0 Å². The maximum Gasteiger partial charge on any atom is 0.314 e. The fourth-order valence-corrected chi connectivity index (χ4v) is 2.02. The molecule has 0 fully saturated rings. The molecule has 5 nitrogen and oxygen atoms in total. The third-order valence-corrected chi connectivity index (χ3v) is 3.08. The summed E-state index contributed by atoms with van der Waals surface area (Å²) in [5.74, 6) is 0.842. The van der Waals surface area contributed by atoms with Crippen molar-refractivity contribution in [3.05, 3.63) is 63.2 Å². The fraction of sp³-hybridized carbons (Fsp3) is 0.200. The standard InChI is InChI=1S/C15H16N2O3/c1-10-4-3-5-14(15(10)17(18)19)20-13-7-6-12(9-16)8-11(13)2/h3-8H,9,16H2,1-2H3. The number of para-hydroxylation sites is 1. The molecule has 0 bridgehead atoms. The van der Waals surface area contributed by atoms with Crippen LogP contribution in [-0.2, 0) is 6.54 Å². The third kappa shape index (κ3) is 2.78. The topological polar surface area (TPSA) is 78.4 Å². The first-order valence-electron chi connectivity index (χ1n) is 6.24. The van der Waals surface area contributed by atoms with Crippen LogP contribution in [0, 0.1) is 24.0 Å². The molecule has 0 spiro atoms. The van der Waals surface area contributed by atoms with Crippen molar-refractivity contribution in [1.82, 2.24) is 0 Å². The molecular weight excluding hydrogens is 256 g/mol. The average Bonchev–Trinajstić information content (AvgIpc) is 2.40. The summed E-state index contributed by atoms with van der Waals surface area (Å²) in [6, 6.07) is 10.6. The molecular formula is C15H16N2O3. The molecule has 20 heavy (non-hydrogen) atoms. The second kappa shape index (κ2) is 5.71. The van der Waals surface area contributed by atoms with Crippen LogP contribution in [0.5, 0.6) is 11.5 Å². The predicted octanol–water partition coefficient (Wildman–Crippen LogP) is 3.46. The van der Waals surface area contributed by atoms with E-state index >= 15 is 0 Å². The zero-order valence-electron chi connectivity index (χ0n) is 11.4. The Morgan fingerprint density at radius 3 is 2.50 bits per heavy atom. The summed E-state index contributed by atoms with van der Waals surface area (Å²) in [7, 11) is 0. The zero-order valence-corrected chi connectivity index (χ0v) is 11.4. The Hall–Kier alpha value is -2.40. The van der Waals surface area contributed by atoms with Crippen molar-refractivity contribution in [3.63, 3.8) is 0 Å². The lowest BCUT2D eigenvalue weighted by atomic mass is 10.1. The van der Waals surface area contributed by atoms with Crippen LogP contribution in [0.4, 0.5) is 5.69 Å². The Balaban J connectivity index is 2.40. The van der Waals surface area contributed by atoms with Crippen LogP contribution in [0.3, 0.4) is 0 Å². The Morgan fingerprint density at radius 1 is 1.15 bits per heavy atom. The maximum absolute atomic E-state index is 11.1. The van der Waals surface area contributed by atoms with Gasteiger partial charge in [0.1, 0.15) is 5.75 Å². The van der Waals surface area contributed by atoms with E-state index < -0.39 is 4.92 Å². The molecule has 0 saturated heterocycles. The van der Waals surface area contributed by atoms with Gasteiger partial charge in [-0.1, -0.05) is 24.3 Å². The summed E-state index contributed by atoms with van der Waals surface area (Å²) >= 11 is 0. The van der Waals surface area contributed by atoms with Crippen molar-refractivity contribution in [1.29, 1.82) is 0 Å². The fourth-order valence-electron chi connectivity index (χ4n) is 2.02. The first kappa shape index (κ1) is 14.0. The van der Waals surface area contributed by atoms with Crippen LogP contribution >= 0.6 is 0 Å². The second-order valence-electron chi connectivity index (χ2n) is 4.58. The van der Waals surface area contributed by atoms with Gasteiger partial charge in [-0.2, -0.15) is 0 Å². The lowest BCUT2D eigenvalue weighted by Crippen LogP contribution is -1.99. The number of hydrogen-bond donors (Lipinski definition) is 1. The zero-order chi connectivity index (χ0) is 14.7. The molecule has 5 heteroatoms. The Bertz CT molecular complexity index is 654. The minimum atomic E-state index is -0.422. The van der Waals surface area contributed by atoms with E-state index in [2.05, 4.69) is 0 Å². The molecule has 2 aromatic carbocycles. The SMILES string of the molecule is Cc1cc(CN)ccc1Oc1cccc(C)c1[N+](=O)[O-]. The highest BCUT2D eigenvalue weighted by molar-refractivity contribution is 5.54. The Morgan fingerprint density at radius 2 is 1.90 bits per heavy atom. The number of benzene rings is 2. The third-order valence-electron chi connectivity index (χ3n) is 3.08. The number of nitro benzene ring substituents is 1. The smallest absolute Gasteiger partial charge is 0.314 e. The van der Waals surface area contributed by atoms with E-state index in [1.54, 1.807) is 31.2 Å². The maximum atomic E-state index is 11.1. The van der Waals surface area contributed by atoms with E-state index in [-0.39, 0.29) is 11.4 Å². The van der Waals surface area contributed by atoms with Crippen molar-refractivity contribution >= 4 is 5.69 Å². The number of aryl methyl sites for hydroxylation is 2. The highest BCUT2D eigenvalue weighted by Gasteiger charge is 2.19. The molecule has 0 aliphatic carbocycles. The Labute approximate surface area is 117 Å². The molecule has 2 N–H and O–H groups in total. The summed E-state index contributed by atoms with van der Waals surface area (Å²) in [6.07, 6.45) is 0. The van der Waals surface area contributed by atoms with E-state index in [9.17, 15) is 10.1 Å². The molecule has 104 valence electrons. The van der Waals surface area contributed by atoms with Gasteiger partial charge in [0.05, 0.1) is 4.92 Å². The van der Waals surface area contributed by atoms with Gasteiger partial charge in [0, 0.05) is 12.1 Å². The van der Waals surface area contributed by atoms with Crippen LogP contribution in [0.2, 0.25) is 0 Å². The van der Waals surface area contributed by atoms with Gasteiger partial charge in [0.15, 0.2) is 0 Å². The monoisotopic (exact) mass is 272 g/mol. The lowest BCUT2D eigenvalue weighted by molar-refractivity contribution is -0.386. The number of ether oxygens (including phenoxy) is 1. The molecule has 0 aliphatic heterocycles. The first-order chi connectivity index (χ1) is 9.52. The molecule has 0 aromatic heterocycles. The second-order valence-corrected chi connectivity index (χ2v) is 4.58. The minimum Gasteiger partial charge on any atom is -0.450 e. The highest BCUT2D eigenvalue weighted by Crippen LogP contribution is 2.35. The normalized spacial score (nSPS) is 10.3. The van der Waals surface area contributed by atoms with Gasteiger partial charge in [-0.15, -0.1) is 0 Å². The molecule has 0 saturated carbocycles. The van der Waals surface area contributed by atoms with E-state index in [4.69, 9.17) is 10.5 Å². The molecule has 2 rings (SSSR count). The minimum absolute atomic E-state index is 0.00481. The molecule has 0 unspecified atom stereocenters. The molecule has 0 amide bonds. The largest absolute Gasteiger partial charge is 0.450 e. The lowest BCUT2D eigenvalue weighted by Gasteiger charge is -2.11. The van der Waals surface area contributed by atoms with Crippen molar-refractivity contribution < 1.29 is 9.66 Å². The summed E-state index contributed by atoms with van der Waals surface area (Å²) < 4.78 is 5.70. The summed E-state index contributed by atoms with van der Waals surface area (Å²) in [5.41, 5.74) is 8.03. The van der Waals surface area contributed by atoms with Gasteiger partial charge in [0.2, 0.25) is 5.75 Å². The average molecular weight is 272 g/mol. The van der Waals surface area contributed by atoms with Crippen LogP contribution < -0.4 is 10.5 Å². The molecule has 0 radical (unpaired) electrons.